The lowest BCUT2D eigenvalue weighted by Gasteiger charge is -2.31. The van der Waals surface area contributed by atoms with Gasteiger partial charge in [-0.1, -0.05) is 45.2 Å². The minimum atomic E-state index is -0.0919. The van der Waals surface area contributed by atoms with E-state index in [2.05, 4.69) is 19.1 Å². The van der Waals surface area contributed by atoms with Crippen molar-refractivity contribution in [1.29, 1.82) is 0 Å². The first-order chi connectivity index (χ1) is 16.4. The quantitative estimate of drug-likeness (QED) is 0.343. The smallest absolute Gasteiger partial charge is 0.254 e. The Morgan fingerprint density at radius 1 is 1.06 bits per heavy atom. The summed E-state index contributed by atoms with van der Waals surface area (Å²) in [6, 6.07) is 11.9. The van der Waals surface area contributed by atoms with Crippen molar-refractivity contribution in [2.75, 3.05) is 26.8 Å². The molecule has 0 spiro atoms. The highest BCUT2D eigenvalue weighted by Crippen LogP contribution is 2.15. The van der Waals surface area contributed by atoms with Gasteiger partial charge < -0.3 is 19.1 Å². The van der Waals surface area contributed by atoms with Gasteiger partial charge in [0.25, 0.3) is 5.91 Å². The maximum Gasteiger partial charge on any atom is 0.254 e. The van der Waals surface area contributed by atoms with Crippen molar-refractivity contribution in [2.45, 2.75) is 71.9 Å². The van der Waals surface area contributed by atoms with E-state index in [9.17, 15) is 9.59 Å². The van der Waals surface area contributed by atoms with Crippen molar-refractivity contribution in [3.05, 3.63) is 59.4 Å². The highest BCUT2D eigenvalue weighted by molar-refractivity contribution is 5.96. The van der Waals surface area contributed by atoms with Gasteiger partial charge in [-0.25, -0.2) is 0 Å². The number of benzene rings is 1. The third-order valence-electron chi connectivity index (χ3n) is 6.53. The van der Waals surface area contributed by atoms with Crippen molar-refractivity contribution in [2.24, 2.45) is 7.05 Å². The second-order valence-electron chi connectivity index (χ2n) is 9.12. The third-order valence-corrected chi connectivity index (χ3v) is 6.53. The van der Waals surface area contributed by atoms with Crippen molar-refractivity contribution in [1.82, 2.24) is 14.4 Å². The molecule has 2 aromatic rings. The summed E-state index contributed by atoms with van der Waals surface area (Å²) in [6.07, 6.45) is 8.69. The highest BCUT2D eigenvalue weighted by Gasteiger charge is 2.26. The molecule has 1 aromatic heterocycles. The molecule has 0 N–H and O–H groups in total. The molecule has 0 radical (unpaired) electrons. The average Bonchev–Trinajstić information content (AvgIpc) is 3.26. The number of hydrogen-bond donors (Lipinski definition) is 0. The zero-order valence-corrected chi connectivity index (χ0v) is 21.8. The van der Waals surface area contributed by atoms with Crippen LogP contribution < -0.4 is 0 Å². The summed E-state index contributed by atoms with van der Waals surface area (Å²) in [4.78, 5) is 30.3. The van der Waals surface area contributed by atoms with Gasteiger partial charge in [-0.05, 0) is 56.0 Å². The number of carbonyl (C=O) groups is 2. The van der Waals surface area contributed by atoms with Gasteiger partial charge in [0.15, 0.2) is 0 Å². The van der Waals surface area contributed by atoms with E-state index in [1.165, 1.54) is 31.2 Å². The predicted molar refractivity (Wildman–Crippen MR) is 138 cm³/mol. The van der Waals surface area contributed by atoms with Gasteiger partial charge in [0.1, 0.15) is 6.54 Å². The number of hydrogen-bond acceptors (Lipinski definition) is 3. The summed E-state index contributed by atoms with van der Waals surface area (Å²) in [5, 5.41) is 0. The molecule has 0 aliphatic heterocycles. The van der Waals surface area contributed by atoms with Gasteiger partial charge in [0.2, 0.25) is 5.91 Å². The Balaban J connectivity index is 2.11. The van der Waals surface area contributed by atoms with Crippen LogP contribution in [0.25, 0.3) is 0 Å². The molecule has 1 aromatic carbocycles. The third kappa shape index (κ3) is 8.32. The fourth-order valence-electron chi connectivity index (χ4n) is 3.98. The van der Waals surface area contributed by atoms with E-state index in [0.29, 0.717) is 25.3 Å². The molecule has 0 saturated heterocycles. The molecule has 0 saturated carbocycles. The monoisotopic (exact) mass is 469 g/mol. The lowest BCUT2D eigenvalue weighted by molar-refractivity contribution is -0.133. The largest absolute Gasteiger partial charge is 0.383 e. The molecule has 1 atom stereocenters. The summed E-state index contributed by atoms with van der Waals surface area (Å²) < 4.78 is 7.24. The molecule has 34 heavy (non-hydrogen) atoms. The molecule has 2 rings (SSSR count). The second-order valence-corrected chi connectivity index (χ2v) is 9.12. The number of amides is 2. The summed E-state index contributed by atoms with van der Waals surface area (Å²) in [5.74, 6) is -0.162. The Morgan fingerprint density at radius 3 is 2.38 bits per heavy atom. The van der Waals surface area contributed by atoms with E-state index >= 15 is 0 Å². The number of methoxy groups -OCH3 is 1. The molecule has 6 nitrogen and oxygen atoms in total. The zero-order valence-electron chi connectivity index (χ0n) is 21.8. The number of aryl methyl sites for hydroxylation is 2. The summed E-state index contributed by atoms with van der Waals surface area (Å²) >= 11 is 0. The van der Waals surface area contributed by atoms with Crippen LogP contribution in [0, 0.1) is 0 Å². The summed E-state index contributed by atoms with van der Waals surface area (Å²) in [6.45, 7) is 7.74. The topological polar surface area (TPSA) is 54.8 Å². The summed E-state index contributed by atoms with van der Waals surface area (Å²) in [5.41, 5.74) is 2.93. The number of ether oxygens (including phenoxy) is 1. The maximum absolute atomic E-state index is 13.4. The SMILES string of the molecule is CCCCCCc1ccc(C(=O)N(CC(=O)N(CCOC)Cc2cccn2C)C(C)CC)cc1. The van der Waals surface area contributed by atoms with Crippen LogP contribution in [0.2, 0.25) is 0 Å². The van der Waals surface area contributed by atoms with Crippen LogP contribution in [0.3, 0.4) is 0 Å². The number of aromatic nitrogens is 1. The molecule has 6 heteroatoms. The van der Waals surface area contributed by atoms with E-state index in [1.807, 2.05) is 55.9 Å². The first kappa shape index (κ1) is 27.6. The van der Waals surface area contributed by atoms with Crippen molar-refractivity contribution in [3.8, 4) is 0 Å². The van der Waals surface area contributed by atoms with E-state index in [1.54, 1.807) is 16.9 Å². The Kier molecular flexibility index (Phi) is 11.9. The fourth-order valence-corrected chi connectivity index (χ4v) is 3.98. The van der Waals surface area contributed by atoms with Crippen LogP contribution in [0.1, 0.15) is 74.5 Å². The van der Waals surface area contributed by atoms with Gasteiger partial charge in [-0.15, -0.1) is 0 Å². The van der Waals surface area contributed by atoms with E-state index in [0.717, 1.165) is 18.5 Å². The van der Waals surface area contributed by atoms with Gasteiger partial charge in [0.05, 0.1) is 13.2 Å². The van der Waals surface area contributed by atoms with Crippen molar-refractivity contribution < 1.29 is 14.3 Å². The number of nitrogens with zero attached hydrogens (tertiary/aromatic N) is 3. The number of unbranched alkanes of at least 4 members (excludes halogenated alkanes) is 3. The number of carbonyl (C=O) groups excluding carboxylic acids is 2. The lowest BCUT2D eigenvalue weighted by atomic mass is 10.0. The molecule has 1 heterocycles. The van der Waals surface area contributed by atoms with Gasteiger partial charge in [0, 0.05) is 44.2 Å². The molecule has 0 aliphatic carbocycles. The molecule has 188 valence electrons. The standard InChI is InChI=1S/C28H43N3O3/c1-6-8-9-10-12-24-14-16-25(17-15-24)28(33)31(23(3)7-2)22-27(32)30(19-20-34-5)21-26-13-11-18-29(26)4/h11,13-18,23H,6-10,12,19-22H2,1-5H3. The summed E-state index contributed by atoms with van der Waals surface area (Å²) in [7, 11) is 3.60. The normalized spacial score (nSPS) is 11.9. The fraction of sp³-hybridized carbons (Fsp3) is 0.571. The first-order valence-electron chi connectivity index (χ1n) is 12.7. The maximum atomic E-state index is 13.4. The molecular formula is C28H43N3O3. The Labute approximate surface area is 205 Å². The zero-order chi connectivity index (χ0) is 24.9. The van der Waals surface area contributed by atoms with Crippen LogP contribution in [0.15, 0.2) is 42.6 Å². The van der Waals surface area contributed by atoms with Crippen LogP contribution in [0.5, 0.6) is 0 Å². The minimum Gasteiger partial charge on any atom is -0.383 e. The van der Waals surface area contributed by atoms with Gasteiger partial charge in [-0.2, -0.15) is 0 Å². The van der Waals surface area contributed by atoms with Crippen LogP contribution in [0.4, 0.5) is 0 Å². The van der Waals surface area contributed by atoms with E-state index in [4.69, 9.17) is 4.74 Å². The Morgan fingerprint density at radius 2 is 1.79 bits per heavy atom. The van der Waals surface area contributed by atoms with Crippen LogP contribution in [-0.4, -0.2) is 59.0 Å². The Hall–Kier alpha value is -2.60. The molecule has 0 aliphatic rings. The highest BCUT2D eigenvalue weighted by atomic mass is 16.5. The predicted octanol–water partition coefficient (Wildman–Crippen LogP) is 5.06. The van der Waals surface area contributed by atoms with Crippen LogP contribution >= 0.6 is 0 Å². The van der Waals surface area contributed by atoms with E-state index in [-0.39, 0.29) is 24.4 Å². The van der Waals surface area contributed by atoms with Gasteiger partial charge >= 0.3 is 0 Å². The molecule has 0 bridgehead atoms. The minimum absolute atomic E-state index is 0.0375. The van der Waals surface area contributed by atoms with Crippen LogP contribution in [-0.2, 0) is 29.5 Å². The number of rotatable bonds is 15. The molecule has 1 unspecified atom stereocenters. The van der Waals surface area contributed by atoms with Crippen molar-refractivity contribution in [3.63, 3.8) is 0 Å². The molecule has 0 fully saturated rings. The Bertz CT molecular complexity index is 875. The first-order valence-corrected chi connectivity index (χ1v) is 12.7. The average molecular weight is 470 g/mol. The molecule has 2 amide bonds. The lowest BCUT2D eigenvalue weighted by Crippen LogP contribution is -2.47. The second kappa shape index (κ2) is 14.6. The van der Waals surface area contributed by atoms with Gasteiger partial charge in [-0.3, -0.25) is 9.59 Å². The van der Waals surface area contributed by atoms with E-state index < -0.39 is 0 Å². The van der Waals surface area contributed by atoms with Crippen molar-refractivity contribution >= 4 is 11.8 Å². The molecular weight excluding hydrogens is 426 g/mol.